The fourth-order valence-electron chi connectivity index (χ4n) is 1.63. The summed E-state index contributed by atoms with van der Waals surface area (Å²) in [6, 6.07) is 6.43. The highest BCUT2D eigenvalue weighted by atomic mass is 35.5. The third kappa shape index (κ3) is 2.68. The maximum atomic E-state index is 13.2. The van der Waals surface area contributed by atoms with E-state index >= 15 is 0 Å². The van der Waals surface area contributed by atoms with E-state index in [0.29, 0.717) is 11.3 Å². The van der Waals surface area contributed by atoms with E-state index in [4.69, 9.17) is 20.8 Å². The number of halogens is 2. The lowest BCUT2D eigenvalue weighted by molar-refractivity contribution is -0.402. The summed E-state index contributed by atoms with van der Waals surface area (Å²) in [6.07, 6.45) is 0. The van der Waals surface area contributed by atoms with Gasteiger partial charge in [-0.2, -0.15) is 0 Å². The van der Waals surface area contributed by atoms with Crippen molar-refractivity contribution in [1.29, 1.82) is 0 Å². The summed E-state index contributed by atoms with van der Waals surface area (Å²) in [5, 5.41) is 9.66. The summed E-state index contributed by atoms with van der Waals surface area (Å²) < 4.78 is 23.3. The van der Waals surface area contributed by atoms with Gasteiger partial charge >= 0.3 is 5.88 Å². The zero-order valence-corrected chi connectivity index (χ0v) is 10.6. The molecule has 1 heterocycles. The number of methoxy groups -OCH3 is 1. The Morgan fingerprint density at radius 2 is 2.16 bits per heavy atom. The Bertz CT molecular complexity index is 614. The molecular formula is C12H9ClFNO4. The number of alkyl halides is 1. The minimum absolute atomic E-state index is 0.150. The second-order valence-corrected chi connectivity index (χ2v) is 4.12. The molecule has 7 heteroatoms. The first kappa shape index (κ1) is 13.4. The quantitative estimate of drug-likeness (QED) is 0.488. The molecule has 0 saturated heterocycles. The van der Waals surface area contributed by atoms with Gasteiger partial charge in [-0.05, 0) is 24.3 Å². The molecule has 0 aliphatic carbocycles. The lowest BCUT2D eigenvalue weighted by Crippen LogP contribution is -1.97. The first-order valence-corrected chi connectivity index (χ1v) is 5.68. The number of nitrogens with zero attached hydrogens (tertiary/aromatic N) is 1. The highest BCUT2D eigenvalue weighted by Gasteiger charge is 2.22. The number of ether oxygens (including phenoxy) is 1. The topological polar surface area (TPSA) is 65.5 Å². The van der Waals surface area contributed by atoms with Crippen LogP contribution in [0.3, 0.4) is 0 Å². The molecule has 1 unspecified atom stereocenters. The second-order valence-electron chi connectivity index (χ2n) is 3.68. The van der Waals surface area contributed by atoms with E-state index in [-0.39, 0.29) is 5.76 Å². The van der Waals surface area contributed by atoms with Crippen LogP contribution < -0.4 is 4.74 Å². The van der Waals surface area contributed by atoms with Gasteiger partial charge in [0.05, 0.1) is 13.2 Å². The summed E-state index contributed by atoms with van der Waals surface area (Å²) in [4.78, 5) is 9.86. The number of hydrogen-bond acceptors (Lipinski definition) is 4. The molecule has 0 amide bonds. The summed E-state index contributed by atoms with van der Waals surface area (Å²) in [5.41, 5.74) is 0.341. The third-order valence-electron chi connectivity index (χ3n) is 2.51. The molecule has 2 rings (SSSR count). The highest BCUT2D eigenvalue weighted by Crippen LogP contribution is 2.37. The van der Waals surface area contributed by atoms with Crippen LogP contribution in [0.5, 0.6) is 5.75 Å². The van der Waals surface area contributed by atoms with E-state index < -0.39 is 22.0 Å². The number of benzene rings is 1. The Kier molecular flexibility index (Phi) is 3.71. The number of hydrogen-bond donors (Lipinski definition) is 0. The molecule has 0 N–H and O–H groups in total. The molecule has 5 nitrogen and oxygen atoms in total. The van der Waals surface area contributed by atoms with Crippen LogP contribution in [0, 0.1) is 15.9 Å². The van der Waals surface area contributed by atoms with Gasteiger partial charge in [0, 0.05) is 5.56 Å². The predicted octanol–water partition coefficient (Wildman–Crippen LogP) is 3.66. The maximum Gasteiger partial charge on any atom is 0.433 e. The van der Waals surface area contributed by atoms with Gasteiger partial charge in [-0.15, -0.1) is 11.6 Å². The molecule has 0 fully saturated rings. The van der Waals surface area contributed by atoms with Crippen molar-refractivity contribution in [2.24, 2.45) is 0 Å². The Morgan fingerprint density at radius 1 is 1.42 bits per heavy atom. The first-order chi connectivity index (χ1) is 9.02. The van der Waals surface area contributed by atoms with Crippen molar-refractivity contribution in [3.05, 3.63) is 57.6 Å². The standard InChI is InChI=1S/C12H9ClFNO4/c1-18-9-3-2-7(14)6-8(9)12(13)10-4-5-11(19-10)15(16)17/h2-6,12H,1H3. The molecule has 100 valence electrons. The zero-order valence-electron chi connectivity index (χ0n) is 9.80. The van der Waals surface area contributed by atoms with Gasteiger partial charge in [-0.25, -0.2) is 4.39 Å². The lowest BCUT2D eigenvalue weighted by atomic mass is 10.1. The molecule has 1 aromatic carbocycles. The van der Waals surface area contributed by atoms with Gasteiger partial charge < -0.3 is 9.15 Å². The van der Waals surface area contributed by atoms with Crippen LogP contribution in [0.2, 0.25) is 0 Å². The van der Waals surface area contributed by atoms with E-state index in [1.165, 1.54) is 37.4 Å². The third-order valence-corrected chi connectivity index (χ3v) is 2.96. The molecule has 0 aliphatic heterocycles. The average Bonchev–Trinajstić information content (AvgIpc) is 2.87. The number of rotatable bonds is 4. The number of furan rings is 1. The highest BCUT2D eigenvalue weighted by molar-refractivity contribution is 6.22. The normalized spacial score (nSPS) is 12.2. The second kappa shape index (κ2) is 5.27. The van der Waals surface area contributed by atoms with Crippen molar-refractivity contribution in [2.45, 2.75) is 5.38 Å². The zero-order chi connectivity index (χ0) is 14.0. The van der Waals surface area contributed by atoms with Crippen LogP contribution >= 0.6 is 11.6 Å². The summed E-state index contributed by atoms with van der Waals surface area (Å²) >= 11 is 6.14. The molecule has 1 atom stereocenters. The molecular weight excluding hydrogens is 277 g/mol. The van der Waals surface area contributed by atoms with E-state index in [2.05, 4.69) is 0 Å². The van der Waals surface area contributed by atoms with E-state index in [0.717, 1.165) is 0 Å². The molecule has 0 saturated carbocycles. The average molecular weight is 286 g/mol. The van der Waals surface area contributed by atoms with Crippen LogP contribution in [0.25, 0.3) is 0 Å². The Morgan fingerprint density at radius 3 is 2.74 bits per heavy atom. The Balaban J connectivity index is 2.39. The van der Waals surface area contributed by atoms with Gasteiger partial charge in [0.2, 0.25) is 0 Å². The molecule has 1 aromatic heterocycles. The summed E-state index contributed by atoms with van der Waals surface area (Å²) in [5.74, 6) is -0.378. The van der Waals surface area contributed by atoms with Crippen LogP contribution in [0.15, 0.2) is 34.7 Å². The molecule has 2 aromatic rings. The van der Waals surface area contributed by atoms with Crippen LogP contribution in [-0.2, 0) is 0 Å². The predicted molar refractivity (Wildman–Crippen MR) is 66.0 cm³/mol. The van der Waals surface area contributed by atoms with Crippen LogP contribution in [0.1, 0.15) is 16.7 Å². The Labute approximate surface area is 112 Å². The minimum Gasteiger partial charge on any atom is -0.496 e. The van der Waals surface area contributed by atoms with Gasteiger partial charge in [-0.3, -0.25) is 10.1 Å². The SMILES string of the molecule is COc1ccc(F)cc1C(Cl)c1ccc([N+](=O)[O-])o1. The van der Waals surface area contributed by atoms with Gasteiger partial charge in [0.1, 0.15) is 27.6 Å². The van der Waals surface area contributed by atoms with E-state index in [9.17, 15) is 14.5 Å². The fraction of sp³-hybridized carbons (Fsp3) is 0.167. The molecule has 19 heavy (non-hydrogen) atoms. The van der Waals surface area contributed by atoms with E-state index in [1.54, 1.807) is 0 Å². The van der Waals surface area contributed by atoms with Crippen molar-refractivity contribution in [2.75, 3.05) is 7.11 Å². The van der Waals surface area contributed by atoms with Gasteiger partial charge in [0.25, 0.3) is 0 Å². The molecule has 0 aliphatic rings. The summed E-state index contributed by atoms with van der Waals surface area (Å²) in [6.45, 7) is 0. The van der Waals surface area contributed by atoms with Gasteiger partial charge in [0.15, 0.2) is 0 Å². The monoisotopic (exact) mass is 285 g/mol. The van der Waals surface area contributed by atoms with Crippen LogP contribution in [0.4, 0.5) is 10.3 Å². The van der Waals surface area contributed by atoms with E-state index in [1.807, 2.05) is 0 Å². The van der Waals surface area contributed by atoms with Crippen molar-refractivity contribution >= 4 is 17.5 Å². The lowest BCUT2D eigenvalue weighted by Gasteiger charge is -2.11. The van der Waals surface area contributed by atoms with Gasteiger partial charge in [-0.1, -0.05) is 0 Å². The van der Waals surface area contributed by atoms with Crippen molar-refractivity contribution in [1.82, 2.24) is 0 Å². The Hall–Kier alpha value is -2.08. The summed E-state index contributed by atoms with van der Waals surface area (Å²) in [7, 11) is 1.42. The van der Waals surface area contributed by atoms with Crippen LogP contribution in [-0.4, -0.2) is 12.0 Å². The fourth-order valence-corrected chi connectivity index (χ4v) is 1.92. The van der Waals surface area contributed by atoms with Crippen molar-refractivity contribution < 1.29 is 18.5 Å². The molecule has 0 radical (unpaired) electrons. The molecule has 0 spiro atoms. The maximum absolute atomic E-state index is 13.2. The molecule has 0 bridgehead atoms. The smallest absolute Gasteiger partial charge is 0.433 e. The minimum atomic E-state index is -0.876. The van der Waals surface area contributed by atoms with Crippen molar-refractivity contribution in [3.63, 3.8) is 0 Å². The first-order valence-electron chi connectivity index (χ1n) is 5.24. The number of nitro groups is 1. The van der Waals surface area contributed by atoms with Crippen molar-refractivity contribution in [3.8, 4) is 5.75 Å². The largest absolute Gasteiger partial charge is 0.496 e.